The minimum atomic E-state index is 0. The second-order valence-corrected chi connectivity index (χ2v) is 5.23. The van der Waals surface area contributed by atoms with E-state index in [4.69, 9.17) is 0 Å². The standard InChI is InChI=1S/C12H21N3S.ClH/c1-2-15-5-3-4-11(8-15)6-13-7-12-9-16-10-14-12;/h9-11,13H,2-8H2,1H3;1H. The third-order valence-electron chi connectivity index (χ3n) is 3.27. The first kappa shape index (κ1) is 14.9. The van der Waals surface area contributed by atoms with Crippen molar-refractivity contribution < 1.29 is 0 Å². The van der Waals surface area contributed by atoms with E-state index < -0.39 is 0 Å². The summed E-state index contributed by atoms with van der Waals surface area (Å²) in [4.78, 5) is 6.83. The van der Waals surface area contributed by atoms with Crippen molar-refractivity contribution in [2.24, 2.45) is 5.92 Å². The molecule has 2 rings (SSSR count). The van der Waals surface area contributed by atoms with Crippen molar-refractivity contribution in [3.63, 3.8) is 0 Å². The number of rotatable bonds is 5. The largest absolute Gasteiger partial charge is 0.311 e. The maximum Gasteiger partial charge on any atom is 0.0795 e. The molecule has 1 saturated heterocycles. The minimum Gasteiger partial charge on any atom is -0.311 e. The highest BCUT2D eigenvalue weighted by Gasteiger charge is 2.17. The van der Waals surface area contributed by atoms with Crippen molar-refractivity contribution in [1.82, 2.24) is 15.2 Å². The van der Waals surface area contributed by atoms with Crippen LogP contribution in [0.3, 0.4) is 0 Å². The second kappa shape index (κ2) is 8.03. The maximum atomic E-state index is 4.28. The summed E-state index contributed by atoms with van der Waals surface area (Å²) in [5.74, 6) is 0.826. The van der Waals surface area contributed by atoms with Crippen LogP contribution in [0.4, 0.5) is 0 Å². The van der Waals surface area contributed by atoms with Gasteiger partial charge in [-0.05, 0) is 38.4 Å². The monoisotopic (exact) mass is 275 g/mol. The fourth-order valence-corrected chi connectivity index (χ4v) is 2.89. The van der Waals surface area contributed by atoms with Crippen LogP contribution in [0.2, 0.25) is 0 Å². The number of likely N-dealkylation sites (tertiary alicyclic amines) is 1. The number of thiazole rings is 1. The molecule has 1 aliphatic heterocycles. The zero-order valence-electron chi connectivity index (χ0n) is 10.4. The van der Waals surface area contributed by atoms with Gasteiger partial charge in [0, 0.05) is 18.5 Å². The first-order chi connectivity index (χ1) is 7.88. The van der Waals surface area contributed by atoms with Crippen LogP contribution in [0.15, 0.2) is 10.9 Å². The van der Waals surface area contributed by atoms with Gasteiger partial charge in [-0.2, -0.15) is 0 Å². The molecular weight excluding hydrogens is 254 g/mol. The van der Waals surface area contributed by atoms with Crippen molar-refractivity contribution in [3.8, 4) is 0 Å². The Morgan fingerprint density at radius 3 is 3.18 bits per heavy atom. The van der Waals surface area contributed by atoms with E-state index in [-0.39, 0.29) is 12.4 Å². The molecule has 0 amide bonds. The number of hydrogen-bond acceptors (Lipinski definition) is 4. The van der Waals surface area contributed by atoms with Gasteiger partial charge in [0.2, 0.25) is 0 Å². The highest BCUT2D eigenvalue weighted by Crippen LogP contribution is 2.15. The molecule has 0 saturated carbocycles. The van der Waals surface area contributed by atoms with Gasteiger partial charge < -0.3 is 10.2 Å². The molecule has 2 heterocycles. The van der Waals surface area contributed by atoms with Gasteiger partial charge in [0.25, 0.3) is 0 Å². The van der Waals surface area contributed by atoms with E-state index in [9.17, 15) is 0 Å². The van der Waals surface area contributed by atoms with Gasteiger partial charge in [-0.25, -0.2) is 4.98 Å². The van der Waals surface area contributed by atoms with Gasteiger partial charge in [0.1, 0.15) is 0 Å². The molecule has 0 bridgehead atoms. The van der Waals surface area contributed by atoms with Crippen LogP contribution in [0.25, 0.3) is 0 Å². The minimum absolute atomic E-state index is 0. The van der Waals surface area contributed by atoms with Gasteiger partial charge in [-0.3, -0.25) is 0 Å². The van der Waals surface area contributed by atoms with E-state index in [0.29, 0.717) is 0 Å². The summed E-state index contributed by atoms with van der Waals surface area (Å²) in [6.07, 6.45) is 2.73. The Hall–Kier alpha value is -0.160. The summed E-state index contributed by atoms with van der Waals surface area (Å²) in [5.41, 5.74) is 3.07. The zero-order valence-corrected chi connectivity index (χ0v) is 12.0. The molecule has 1 unspecified atom stereocenters. The fourth-order valence-electron chi connectivity index (χ4n) is 2.33. The van der Waals surface area contributed by atoms with Gasteiger partial charge in [-0.1, -0.05) is 6.92 Å². The average molecular weight is 276 g/mol. The molecule has 0 aromatic carbocycles. The van der Waals surface area contributed by atoms with Crippen LogP contribution >= 0.6 is 23.7 Å². The number of piperidine rings is 1. The van der Waals surface area contributed by atoms with Crippen molar-refractivity contribution in [2.75, 3.05) is 26.2 Å². The molecule has 3 nitrogen and oxygen atoms in total. The molecule has 98 valence electrons. The highest BCUT2D eigenvalue weighted by atomic mass is 35.5. The Kier molecular flexibility index (Phi) is 7.04. The number of aromatic nitrogens is 1. The van der Waals surface area contributed by atoms with E-state index in [2.05, 4.69) is 27.5 Å². The number of nitrogens with one attached hydrogen (secondary N) is 1. The Morgan fingerprint density at radius 1 is 1.59 bits per heavy atom. The molecule has 1 N–H and O–H groups in total. The van der Waals surface area contributed by atoms with Gasteiger partial charge in [-0.15, -0.1) is 23.7 Å². The zero-order chi connectivity index (χ0) is 11.2. The summed E-state index contributed by atoms with van der Waals surface area (Å²) >= 11 is 1.67. The summed E-state index contributed by atoms with van der Waals surface area (Å²) in [5, 5.41) is 5.64. The molecule has 17 heavy (non-hydrogen) atoms. The molecule has 0 radical (unpaired) electrons. The number of nitrogens with zero attached hydrogens (tertiary/aromatic N) is 2. The van der Waals surface area contributed by atoms with Crippen LogP contribution < -0.4 is 5.32 Å². The first-order valence-electron chi connectivity index (χ1n) is 6.18. The number of hydrogen-bond donors (Lipinski definition) is 1. The van der Waals surface area contributed by atoms with E-state index >= 15 is 0 Å². The topological polar surface area (TPSA) is 28.2 Å². The lowest BCUT2D eigenvalue weighted by molar-refractivity contribution is 0.180. The lowest BCUT2D eigenvalue weighted by atomic mass is 9.98. The molecule has 5 heteroatoms. The molecule has 0 aliphatic carbocycles. The third-order valence-corrected chi connectivity index (χ3v) is 3.91. The highest BCUT2D eigenvalue weighted by molar-refractivity contribution is 7.07. The van der Waals surface area contributed by atoms with E-state index in [0.717, 1.165) is 19.0 Å². The third kappa shape index (κ3) is 4.92. The van der Waals surface area contributed by atoms with Crippen LogP contribution in [0.1, 0.15) is 25.5 Å². The van der Waals surface area contributed by atoms with Crippen molar-refractivity contribution in [2.45, 2.75) is 26.3 Å². The molecule has 1 aromatic rings. The summed E-state index contributed by atoms with van der Waals surface area (Å²) in [7, 11) is 0. The molecule has 1 aliphatic rings. The molecular formula is C12H22ClN3S. The lowest BCUT2D eigenvalue weighted by Crippen LogP contribution is -2.39. The average Bonchev–Trinajstić information content (AvgIpc) is 2.82. The van der Waals surface area contributed by atoms with Gasteiger partial charge in [0.05, 0.1) is 11.2 Å². The molecule has 0 spiro atoms. The molecule has 1 fully saturated rings. The Balaban J connectivity index is 0.00000144. The lowest BCUT2D eigenvalue weighted by Gasteiger charge is -2.31. The van der Waals surface area contributed by atoms with E-state index in [1.54, 1.807) is 11.3 Å². The smallest absolute Gasteiger partial charge is 0.0795 e. The van der Waals surface area contributed by atoms with Crippen molar-refractivity contribution in [1.29, 1.82) is 0 Å². The summed E-state index contributed by atoms with van der Waals surface area (Å²) in [6.45, 7) is 8.06. The summed E-state index contributed by atoms with van der Waals surface area (Å²) < 4.78 is 0. The Labute approximate surface area is 114 Å². The maximum absolute atomic E-state index is 4.28. The quantitative estimate of drug-likeness (QED) is 0.894. The van der Waals surface area contributed by atoms with Crippen LogP contribution in [0, 0.1) is 5.92 Å². The SMILES string of the molecule is CCN1CCCC(CNCc2cscn2)C1.Cl. The Bertz CT molecular complexity index is 292. The van der Waals surface area contributed by atoms with Crippen molar-refractivity contribution in [3.05, 3.63) is 16.6 Å². The van der Waals surface area contributed by atoms with Gasteiger partial charge >= 0.3 is 0 Å². The van der Waals surface area contributed by atoms with E-state index in [1.165, 1.54) is 38.2 Å². The molecule has 1 atom stereocenters. The van der Waals surface area contributed by atoms with Crippen LogP contribution in [-0.4, -0.2) is 36.1 Å². The van der Waals surface area contributed by atoms with Crippen LogP contribution in [-0.2, 0) is 6.54 Å². The second-order valence-electron chi connectivity index (χ2n) is 4.51. The predicted molar refractivity (Wildman–Crippen MR) is 75.9 cm³/mol. The van der Waals surface area contributed by atoms with Gasteiger partial charge in [0.15, 0.2) is 0 Å². The fraction of sp³-hybridized carbons (Fsp3) is 0.750. The Morgan fingerprint density at radius 2 is 2.47 bits per heavy atom. The van der Waals surface area contributed by atoms with Crippen molar-refractivity contribution >= 4 is 23.7 Å². The predicted octanol–water partition coefficient (Wildman–Crippen LogP) is 2.39. The van der Waals surface area contributed by atoms with E-state index in [1.807, 2.05) is 5.51 Å². The summed E-state index contributed by atoms with van der Waals surface area (Å²) in [6, 6.07) is 0. The van der Waals surface area contributed by atoms with Crippen LogP contribution in [0.5, 0.6) is 0 Å². The normalized spacial score (nSPS) is 21.1. The molecule has 1 aromatic heterocycles. The number of halogens is 1. The first-order valence-corrected chi connectivity index (χ1v) is 7.13.